The van der Waals surface area contributed by atoms with Gasteiger partial charge in [0.15, 0.2) is 6.61 Å². The highest BCUT2D eigenvalue weighted by molar-refractivity contribution is 6.30. The summed E-state index contributed by atoms with van der Waals surface area (Å²) in [6, 6.07) is 14.3. The third-order valence-electron chi connectivity index (χ3n) is 3.11. The SMILES string of the molecule is CCOc1ccc(C(C)=NNC(=O)COc2ccc(Cl)cc2)cc1. The molecule has 2 aromatic rings. The Morgan fingerprint density at radius 1 is 1.04 bits per heavy atom. The van der Waals surface area contributed by atoms with E-state index in [1.54, 1.807) is 24.3 Å². The second-order valence-electron chi connectivity index (χ2n) is 4.93. The van der Waals surface area contributed by atoms with Gasteiger partial charge in [-0.25, -0.2) is 5.43 Å². The summed E-state index contributed by atoms with van der Waals surface area (Å²) in [6.07, 6.45) is 0. The van der Waals surface area contributed by atoms with Gasteiger partial charge < -0.3 is 9.47 Å². The first-order valence-electron chi connectivity index (χ1n) is 7.53. The zero-order valence-corrected chi connectivity index (χ0v) is 14.3. The van der Waals surface area contributed by atoms with Gasteiger partial charge in [0.2, 0.25) is 0 Å². The summed E-state index contributed by atoms with van der Waals surface area (Å²) < 4.78 is 10.7. The molecule has 2 rings (SSSR count). The molecule has 24 heavy (non-hydrogen) atoms. The molecule has 2 aromatic carbocycles. The third-order valence-corrected chi connectivity index (χ3v) is 3.37. The van der Waals surface area contributed by atoms with E-state index in [-0.39, 0.29) is 12.5 Å². The molecule has 0 heterocycles. The topological polar surface area (TPSA) is 59.9 Å². The normalized spacial score (nSPS) is 11.0. The smallest absolute Gasteiger partial charge is 0.277 e. The fraction of sp³-hybridized carbons (Fsp3) is 0.222. The molecule has 0 aliphatic heterocycles. The Labute approximate surface area is 146 Å². The fourth-order valence-corrected chi connectivity index (χ4v) is 2.01. The number of hydrazone groups is 1. The van der Waals surface area contributed by atoms with E-state index in [1.807, 2.05) is 38.1 Å². The van der Waals surface area contributed by atoms with Crippen LogP contribution in [-0.4, -0.2) is 24.8 Å². The number of carbonyl (C=O) groups excluding carboxylic acids is 1. The largest absolute Gasteiger partial charge is 0.494 e. The van der Waals surface area contributed by atoms with Crippen LogP contribution in [0.2, 0.25) is 5.02 Å². The molecule has 1 N–H and O–H groups in total. The first-order chi connectivity index (χ1) is 11.6. The number of halogens is 1. The second kappa shape index (κ2) is 8.93. The first-order valence-corrected chi connectivity index (χ1v) is 7.91. The lowest BCUT2D eigenvalue weighted by molar-refractivity contribution is -0.123. The molecule has 0 spiro atoms. The van der Waals surface area contributed by atoms with Crippen molar-refractivity contribution in [2.24, 2.45) is 5.10 Å². The number of nitrogens with one attached hydrogen (secondary N) is 1. The molecular formula is C18H19ClN2O3. The predicted octanol–water partition coefficient (Wildman–Crippen LogP) is 3.66. The molecule has 0 radical (unpaired) electrons. The average Bonchev–Trinajstić information content (AvgIpc) is 2.60. The van der Waals surface area contributed by atoms with Crippen LogP contribution in [-0.2, 0) is 4.79 Å². The molecule has 6 heteroatoms. The lowest BCUT2D eigenvalue weighted by Crippen LogP contribution is -2.25. The van der Waals surface area contributed by atoms with Crippen LogP contribution < -0.4 is 14.9 Å². The standard InChI is InChI=1S/C18H19ClN2O3/c1-3-23-16-8-4-14(5-9-16)13(2)20-21-18(22)12-24-17-10-6-15(19)7-11-17/h4-11H,3,12H2,1-2H3,(H,21,22). The quantitative estimate of drug-likeness (QED) is 0.615. The second-order valence-corrected chi connectivity index (χ2v) is 5.37. The van der Waals surface area contributed by atoms with Crippen molar-refractivity contribution in [1.29, 1.82) is 0 Å². The Balaban J connectivity index is 1.84. The summed E-state index contributed by atoms with van der Waals surface area (Å²) >= 11 is 5.78. The zero-order chi connectivity index (χ0) is 17.4. The molecule has 1 amide bonds. The highest BCUT2D eigenvalue weighted by Crippen LogP contribution is 2.15. The van der Waals surface area contributed by atoms with Crippen molar-refractivity contribution in [3.8, 4) is 11.5 Å². The molecule has 0 fully saturated rings. The number of ether oxygens (including phenoxy) is 2. The van der Waals surface area contributed by atoms with Crippen LogP contribution in [0.4, 0.5) is 0 Å². The minimum absolute atomic E-state index is 0.123. The van der Waals surface area contributed by atoms with Crippen molar-refractivity contribution in [2.45, 2.75) is 13.8 Å². The summed E-state index contributed by atoms with van der Waals surface area (Å²) in [6.45, 7) is 4.25. The van der Waals surface area contributed by atoms with Crippen LogP contribution >= 0.6 is 11.6 Å². The van der Waals surface area contributed by atoms with Crippen LogP contribution in [0.3, 0.4) is 0 Å². The molecule has 0 saturated carbocycles. The Kier molecular flexibility index (Phi) is 6.63. The van der Waals surface area contributed by atoms with Crippen LogP contribution in [0.15, 0.2) is 53.6 Å². The molecule has 0 saturated heterocycles. The number of nitrogens with zero attached hydrogens (tertiary/aromatic N) is 1. The van der Waals surface area contributed by atoms with E-state index in [9.17, 15) is 4.79 Å². The highest BCUT2D eigenvalue weighted by Gasteiger charge is 2.03. The van der Waals surface area contributed by atoms with E-state index in [4.69, 9.17) is 21.1 Å². The van der Waals surface area contributed by atoms with Gasteiger partial charge >= 0.3 is 0 Å². The van der Waals surface area contributed by atoms with E-state index >= 15 is 0 Å². The molecule has 0 aliphatic rings. The maximum Gasteiger partial charge on any atom is 0.277 e. The van der Waals surface area contributed by atoms with E-state index in [1.165, 1.54) is 0 Å². The average molecular weight is 347 g/mol. The lowest BCUT2D eigenvalue weighted by Gasteiger charge is -2.07. The highest BCUT2D eigenvalue weighted by atomic mass is 35.5. The maximum absolute atomic E-state index is 11.8. The maximum atomic E-state index is 11.8. The van der Waals surface area contributed by atoms with E-state index in [0.29, 0.717) is 23.1 Å². The van der Waals surface area contributed by atoms with Gasteiger partial charge in [0, 0.05) is 5.02 Å². The molecule has 0 aliphatic carbocycles. The van der Waals surface area contributed by atoms with Crippen molar-refractivity contribution in [1.82, 2.24) is 5.43 Å². The van der Waals surface area contributed by atoms with Gasteiger partial charge in [0.25, 0.3) is 5.91 Å². The Hall–Kier alpha value is -2.53. The number of hydrogen-bond donors (Lipinski definition) is 1. The number of amides is 1. The molecule has 0 atom stereocenters. The van der Waals surface area contributed by atoms with E-state index < -0.39 is 0 Å². The summed E-state index contributed by atoms with van der Waals surface area (Å²) in [5.41, 5.74) is 4.06. The molecule has 126 valence electrons. The van der Waals surface area contributed by atoms with Crippen molar-refractivity contribution in [3.63, 3.8) is 0 Å². The first kappa shape index (κ1) is 17.8. The molecule has 0 bridgehead atoms. The third kappa shape index (κ3) is 5.59. The molecule has 5 nitrogen and oxygen atoms in total. The van der Waals surface area contributed by atoms with Gasteiger partial charge in [-0.15, -0.1) is 0 Å². The van der Waals surface area contributed by atoms with Gasteiger partial charge in [0.05, 0.1) is 12.3 Å². The van der Waals surface area contributed by atoms with E-state index in [2.05, 4.69) is 10.5 Å². The van der Waals surface area contributed by atoms with Crippen molar-refractivity contribution >= 4 is 23.2 Å². The molecule has 0 unspecified atom stereocenters. The van der Waals surface area contributed by atoms with Gasteiger partial charge in [-0.3, -0.25) is 4.79 Å². The van der Waals surface area contributed by atoms with Gasteiger partial charge in [-0.1, -0.05) is 11.6 Å². The van der Waals surface area contributed by atoms with Crippen molar-refractivity contribution in [3.05, 3.63) is 59.1 Å². The number of hydrogen-bond acceptors (Lipinski definition) is 4. The summed E-state index contributed by atoms with van der Waals surface area (Å²) in [7, 11) is 0. The molecular weight excluding hydrogens is 328 g/mol. The monoisotopic (exact) mass is 346 g/mol. The van der Waals surface area contributed by atoms with Crippen LogP contribution in [0.25, 0.3) is 0 Å². The lowest BCUT2D eigenvalue weighted by atomic mass is 10.1. The van der Waals surface area contributed by atoms with Crippen molar-refractivity contribution in [2.75, 3.05) is 13.2 Å². The Bertz CT molecular complexity index is 697. The minimum Gasteiger partial charge on any atom is -0.494 e. The van der Waals surface area contributed by atoms with Gasteiger partial charge in [0.1, 0.15) is 11.5 Å². The Morgan fingerprint density at radius 2 is 1.62 bits per heavy atom. The van der Waals surface area contributed by atoms with Crippen molar-refractivity contribution < 1.29 is 14.3 Å². The predicted molar refractivity (Wildman–Crippen MR) is 94.9 cm³/mol. The Morgan fingerprint density at radius 3 is 2.25 bits per heavy atom. The zero-order valence-electron chi connectivity index (χ0n) is 13.6. The van der Waals surface area contributed by atoms with Gasteiger partial charge in [-0.05, 0) is 67.9 Å². The van der Waals surface area contributed by atoms with Crippen LogP contribution in [0.5, 0.6) is 11.5 Å². The summed E-state index contributed by atoms with van der Waals surface area (Å²) in [5.74, 6) is 1.03. The summed E-state index contributed by atoms with van der Waals surface area (Å²) in [4.78, 5) is 11.8. The molecule has 0 aromatic heterocycles. The summed E-state index contributed by atoms with van der Waals surface area (Å²) in [5, 5.41) is 4.68. The van der Waals surface area contributed by atoms with E-state index in [0.717, 1.165) is 11.3 Å². The number of rotatable bonds is 7. The minimum atomic E-state index is -0.338. The van der Waals surface area contributed by atoms with Crippen LogP contribution in [0.1, 0.15) is 19.4 Å². The fourth-order valence-electron chi connectivity index (χ4n) is 1.88. The van der Waals surface area contributed by atoms with Gasteiger partial charge in [-0.2, -0.15) is 5.10 Å². The number of carbonyl (C=O) groups is 1. The number of benzene rings is 2. The van der Waals surface area contributed by atoms with Crippen LogP contribution in [0, 0.1) is 0 Å².